The molecule has 5 nitrogen and oxygen atoms in total. The van der Waals surface area contributed by atoms with Crippen LogP contribution in [0.25, 0.3) is 0 Å². The SMILES string of the molecule is O=C(N[C@@H]1CCCN(CCO)C1)OCc1ccccc1. The quantitative estimate of drug-likeness (QED) is 0.854. The van der Waals surface area contributed by atoms with E-state index in [0.717, 1.165) is 31.5 Å². The van der Waals surface area contributed by atoms with Crippen LogP contribution in [0.5, 0.6) is 0 Å². The fourth-order valence-electron chi connectivity index (χ4n) is 2.45. The number of hydrogen-bond acceptors (Lipinski definition) is 4. The number of piperidine rings is 1. The van der Waals surface area contributed by atoms with Crippen molar-refractivity contribution in [2.45, 2.75) is 25.5 Å². The lowest BCUT2D eigenvalue weighted by atomic mass is 10.1. The predicted molar refractivity (Wildman–Crippen MR) is 76.3 cm³/mol. The molecule has 2 rings (SSSR count). The molecule has 0 unspecified atom stereocenters. The number of nitrogens with one attached hydrogen (secondary N) is 1. The second kappa shape index (κ2) is 7.87. The van der Waals surface area contributed by atoms with Crippen molar-refractivity contribution in [3.63, 3.8) is 0 Å². The Hall–Kier alpha value is -1.59. The summed E-state index contributed by atoms with van der Waals surface area (Å²) in [7, 11) is 0. The number of likely N-dealkylation sites (tertiary alicyclic amines) is 1. The lowest BCUT2D eigenvalue weighted by molar-refractivity contribution is 0.118. The van der Waals surface area contributed by atoms with Gasteiger partial charge in [-0.05, 0) is 24.9 Å². The highest BCUT2D eigenvalue weighted by atomic mass is 16.5. The largest absolute Gasteiger partial charge is 0.445 e. The van der Waals surface area contributed by atoms with Gasteiger partial charge in [0.1, 0.15) is 6.61 Å². The van der Waals surface area contributed by atoms with Gasteiger partial charge in [0.05, 0.1) is 6.61 Å². The molecule has 1 aromatic carbocycles. The van der Waals surface area contributed by atoms with E-state index < -0.39 is 0 Å². The van der Waals surface area contributed by atoms with Crippen molar-refractivity contribution < 1.29 is 14.6 Å². The van der Waals surface area contributed by atoms with Gasteiger partial charge in [-0.2, -0.15) is 0 Å². The molecule has 0 saturated carbocycles. The van der Waals surface area contributed by atoms with Crippen LogP contribution in [0.3, 0.4) is 0 Å². The third-order valence-corrected chi connectivity index (χ3v) is 3.46. The highest BCUT2D eigenvalue weighted by Gasteiger charge is 2.21. The fourth-order valence-corrected chi connectivity index (χ4v) is 2.45. The molecule has 1 heterocycles. The third kappa shape index (κ3) is 4.83. The lowest BCUT2D eigenvalue weighted by Crippen LogP contribution is -2.48. The molecule has 2 N–H and O–H groups in total. The van der Waals surface area contributed by atoms with Gasteiger partial charge in [0.15, 0.2) is 0 Å². The Labute approximate surface area is 119 Å². The zero-order chi connectivity index (χ0) is 14.2. The number of benzene rings is 1. The highest BCUT2D eigenvalue weighted by Crippen LogP contribution is 2.10. The van der Waals surface area contributed by atoms with Gasteiger partial charge in [-0.15, -0.1) is 0 Å². The van der Waals surface area contributed by atoms with Crippen molar-refractivity contribution >= 4 is 6.09 Å². The molecule has 1 saturated heterocycles. The van der Waals surface area contributed by atoms with Crippen molar-refractivity contribution in [2.24, 2.45) is 0 Å². The number of β-amino-alcohol motifs (C(OH)–C–C–N with tert-alkyl or cyclic N) is 1. The average Bonchev–Trinajstić information content (AvgIpc) is 2.47. The maximum absolute atomic E-state index is 11.7. The van der Waals surface area contributed by atoms with E-state index in [-0.39, 0.29) is 18.7 Å². The van der Waals surface area contributed by atoms with Gasteiger partial charge in [0.25, 0.3) is 0 Å². The van der Waals surface area contributed by atoms with Gasteiger partial charge in [-0.25, -0.2) is 4.79 Å². The van der Waals surface area contributed by atoms with E-state index >= 15 is 0 Å². The fraction of sp³-hybridized carbons (Fsp3) is 0.533. The van der Waals surface area contributed by atoms with Crippen LogP contribution in [-0.2, 0) is 11.3 Å². The summed E-state index contributed by atoms with van der Waals surface area (Å²) in [5.74, 6) is 0. The van der Waals surface area contributed by atoms with E-state index in [0.29, 0.717) is 13.2 Å². The summed E-state index contributed by atoms with van der Waals surface area (Å²) in [6, 6.07) is 9.74. The minimum absolute atomic E-state index is 0.110. The first-order valence-corrected chi connectivity index (χ1v) is 7.08. The van der Waals surface area contributed by atoms with E-state index in [1.54, 1.807) is 0 Å². The van der Waals surface area contributed by atoms with Gasteiger partial charge in [-0.1, -0.05) is 30.3 Å². The molecular formula is C15H22N2O3. The molecule has 1 aliphatic heterocycles. The van der Waals surface area contributed by atoms with Gasteiger partial charge >= 0.3 is 6.09 Å². The minimum atomic E-state index is -0.371. The Kier molecular flexibility index (Phi) is 5.83. The smallest absolute Gasteiger partial charge is 0.407 e. The molecule has 5 heteroatoms. The van der Waals surface area contributed by atoms with Crippen LogP contribution in [0.15, 0.2) is 30.3 Å². The van der Waals surface area contributed by atoms with Crippen LogP contribution in [0.1, 0.15) is 18.4 Å². The maximum Gasteiger partial charge on any atom is 0.407 e. The standard InChI is InChI=1S/C15H22N2O3/c18-10-9-17-8-4-7-14(11-17)16-15(19)20-12-13-5-2-1-3-6-13/h1-3,5-6,14,18H,4,7-12H2,(H,16,19)/t14-/m1/s1. The summed E-state index contributed by atoms with van der Waals surface area (Å²) < 4.78 is 5.21. The topological polar surface area (TPSA) is 61.8 Å². The first-order chi connectivity index (χ1) is 9.78. The number of aliphatic hydroxyl groups is 1. The van der Waals surface area contributed by atoms with Crippen LogP contribution in [0.2, 0.25) is 0 Å². The molecule has 1 fully saturated rings. The summed E-state index contributed by atoms with van der Waals surface area (Å²) >= 11 is 0. The number of rotatable bonds is 5. The predicted octanol–water partition coefficient (Wildman–Crippen LogP) is 1.37. The van der Waals surface area contributed by atoms with Gasteiger partial charge < -0.3 is 15.2 Å². The van der Waals surface area contributed by atoms with E-state index in [9.17, 15) is 4.79 Å². The average molecular weight is 278 g/mol. The number of amides is 1. The Morgan fingerprint density at radius 2 is 2.20 bits per heavy atom. The molecule has 0 aliphatic carbocycles. The zero-order valence-corrected chi connectivity index (χ0v) is 11.6. The second-order valence-electron chi connectivity index (χ2n) is 5.07. The molecule has 20 heavy (non-hydrogen) atoms. The van der Waals surface area contributed by atoms with E-state index in [4.69, 9.17) is 9.84 Å². The maximum atomic E-state index is 11.7. The first-order valence-electron chi connectivity index (χ1n) is 7.08. The van der Waals surface area contributed by atoms with Crippen LogP contribution in [-0.4, -0.2) is 48.4 Å². The number of ether oxygens (including phenoxy) is 1. The molecule has 1 amide bonds. The zero-order valence-electron chi connectivity index (χ0n) is 11.6. The Morgan fingerprint density at radius 1 is 1.40 bits per heavy atom. The van der Waals surface area contributed by atoms with E-state index in [2.05, 4.69) is 10.2 Å². The molecule has 1 aromatic rings. The summed E-state index contributed by atoms with van der Waals surface area (Å²) in [5, 5.41) is 11.8. The molecular weight excluding hydrogens is 256 g/mol. The number of nitrogens with zero attached hydrogens (tertiary/aromatic N) is 1. The summed E-state index contributed by atoms with van der Waals surface area (Å²) in [4.78, 5) is 13.9. The summed E-state index contributed by atoms with van der Waals surface area (Å²) in [6.07, 6.45) is 1.62. The Morgan fingerprint density at radius 3 is 2.95 bits per heavy atom. The van der Waals surface area contributed by atoms with Gasteiger partial charge in [-0.3, -0.25) is 4.90 Å². The molecule has 1 atom stereocenters. The van der Waals surface area contributed by atoms with E-state index in [1.165, 1.54) is 0 Å². The number of alkyl carbamates (subject to hydrolysis) is 1. The van der Waals surface area contributed by atoms with Gasteiger partial charge in [0.2, 0.25) is 0 Å². The molecule has 110 valence electrons. The molecule has 1 aliphatic rings. The number of hydrogen-bond donors (Lipinski definition) is 2. The normalized spacial score (nSPS) is 19.6. The van der Waals surface area contributed by atoms with Gasteiger partial charge in [0, 0.05) is 19.1 Å². The van der Waals surface area contributed by atoms with Crippen LogP contribution in [0.4, 0.5) is 4.79 Å². The first kappa shape index (κ1) is 14.8. The highest BCUT2D eigenvalue weighted by molar-refractivity contribution is 5.67. The Balaban J connectivity index is 1.71. The van der Waals surface area contributed by atoms with Crippen LogP contribution < -0.4 is 5.32 Å². The van der Waals surface area contributed by atoms with Crippen molar-refractivity contribution in [2.75, 3.05) is 26.2 Å². The second-order valence-corrected chi connectivity index (χ2v) is 5.07. The summed E-state index contributed by atoms with van der Waals surface area (Å²) in [6.45, 7) is 2.88. The van der Waals surface area contributed by atoms with Crippen molar-refractivity contribution in [3.8, 4) is 0 Å². The van der Waals surface area contributed by atoms with Crippen LogP contribution >= 0.6 is 0 Å². The molecule has 0 aromatic heterocycles. The summed E-state index contributed by atoms with van der Waals surface area (Å²) in [5.41, 5.74) is 0.980. The number of carbonyl (C=O) groups excluding carboxylic acids is 1. The lowest BCUT2D eigenvalue weighted by Gasteiger charge is -2.32. The number of aliphatic hydroxyl groups excluding tert-OH is 1. The van der Waals surface area contributed by atoms with Crippen molar-refractivity contribution in [1.82, 2.24) is 10.2 Å². The number of carbonyl (C=O) groups is 1. The Bertz CT molecular complexity index is 409. The molecule has 0 bridgehead atoms. The molecule has 0 radical (unpaired) electrons. The minimum Gasteiger partial charge on any atom is -0.445 e. The van der Waals surface area contributed by atoms with Crippen molar-refractivity contribution in [1.29, 1.82) is 0 Å². The van der Waals surface area contributed by atoms with E-state index in [1.807, 2.05) is 30.3 Å². The third-order valence-electron chi connectivity index (χ3n) is 3.46. The van der Waals surface area contributed by atoms with Crippen LogP contribution in [0, 0.1) is 0 Å². The molecule has 0 spiro atoms. The monoisotopic (exact) mass is 278 g/mol. The van der Waals surface area contributed by atoms with Crippen molar-refractivity contribution in [3.05, 3.63) is 35.9 Å².